The van der Waals surface area contributed by atoms with Crippen LogP contribution >= 0.6 is 15.9 Å². The van der Waals surface area contributed by atoms with Gasteiger partial charge < -0.3 is 15.8 Å². The van der Waals surface area contributed by atoms with Crippen molar-refractivity contribution in [1.29, 1.82) is 0 Å². The van der Waals surface area contributed by atoms with E-state index in [0.717, 1.165) is 11.3 Å². The third kappa shape index (κ3) is 3.00. The number of benzene rings is 2. The minimum atomic E-state index is -0.470. The Morgan fingerprint density at radius 2 is 1.86 bits per heavy atom. The first-order valence-electron chi connectivity index (χ1n) is 6.22. The van der Waals surface area contributed by atoms with Gasteiger partial charge in [-0.2, -0.15) is 0 Å². The Kier molecular flexibility index (Phi) is 4.47. The Labute approximate surface area is 130 Å². The molecule has 110 valence electrons. The van der Waals surface area contributed by atoms with E-state index in [1.807, 2.05) is 31.2 Å². The molecule has 21 heavy (non-hydrogen) atoms. The van der Waals surface area contributed by atoms with Crippen LogP contribution in [0.4, 0.5) is 15.8 Å². The van der Waals surface area contributed by atoms with E-state index < -0.39 is 5.82 Å². The van der Waals surface area contributed by atoms with Crippen LogP contribution in [0.2, 0.25) is 0 Å². The molecule has 2 rings (SSSR count). The standard InChI is InChI=1S/C15H15BrFN3O/c1-9-3-5-10(6-4-9)20(2)12-8-7-11(15(18)19-21)13(16)14(12)17/h3-8,21H,1-2H3,(H2,18,19). The van der Waals surface area contributed by atoms with Crippen LogP contribution in [0.3, 0.4) is 0 Å². The number of aryl methyl sites for hydroxylation is 1. The van der Waals surface area contributed by atoms with Gasteiger partial charge in [0.25, 0.3) is 0 Å². The second kappa shape index (κ2) is 6.13. The first kappa shape index (κ1) is 15.3. The van der Waals surface area contributed by atoms with Crippen molar-refractivity contribution in [3.63, 3.8) is 0 Å². The van der Waals surface area contributed by atoms with Gasteiger partial charge in [0.05, 0.1) is 10.2 Å². The number of nitrogens with two attached hydrogens (primary N) is 1. The second-order valence-electron chi connectivity index (χ2n) is 4.64. The van der Waals surface area contributed by atoms with Crippen molar-refractivity contribution in [3.8, 4) is 0 Å². The number of rotatable bonds is 3. The van der Waals surface area contributed by atoms with Crippen LogP contribution < -0.4 is 10.6 Å². The van der Waals surface area contributed by atoms with Gasteiger partial charge in [0, 0.05) is 18.3 Å². The highest BCUT2D eigenvalue weighted by atomic mass is 79.9. The lowest BCUT2D eigenvalue weighted by molar-refractivity contribution is 0.318. The zero-order chi connectivity index (χ0) is 15.6. The molecule has 0 saturated heterocycles. The first-order valence-corrected chi connectivity index (χ1v) is 7.01. The van der Waals surface area contributed by atoms with Gasteiger partial charge in [-0.3, -0.25) is 0 Å². The Bertz CT molecular complexity index is 686. The van der Waals surface area contributed by atoms with Crippen LogP contribution in [-0.2, 0) is 0 Å². The molecule has 0 fully saturated rings. The van der Waals surface area contributed by atoms with Crippen LogP contribution in [0.15, 0.2) is 46.0 Å². The van der Waals surface area contributed by atoms with Crippen molar-refractivity contribution >= 4 is 33.1 Å². The number of hydrogen-bond acceptors (Lipinski definition) is 3. The van der Waals surface area contributed by atoms with Crippen molar-refractivity contribution in [2.24, 2.45) is 10.9 Å². The maximum Gasteiger partial charge on any atom is 0.171 e. The molecule has 0 heterocycles. The minimum Gasteiger partial charge on any atom is -0.409 e. The SMILES string of the molecule is Cc1ccc(N(C)c2ccc(/C(N)=N/O)c(Br)c2F)cc1. The molecule has 0 aliphatic rings. The van der Waals surface area contributed by atoms with Crippen molar-refractivity contribution in [2.45, 2.75) is 6.92 Å². The largest absolute Gasteiger partial charge is 0.409 e. The van der Waals surface area contributed by atoms with E-state index in [1.54, 1.807) is 24.1 Å². The highest BCUT2D eigenvalue weighted by Crippen LogP contribution is 2.32. The molecule has 2 aromatic rings. The van der Waals surface area contributed by atoms with Crippen molar-refractivity contribution < 1.29 is 9.60 Å². The fraction of sp³-hybridized carbons (Fsp3) is 0.133. The summed E-state index contributed by atoms with van der Waals surface area (Å²) in [7, 11) is 1.78. The van der Waals surface area contributed by atoms with Gasteiger partial charge in [-0.25, -0.2) is 4.39 Å². The highest BCUT2D eigenvalue weighted by Gasteiger charge is 2.17. The molecule has 0 amide bonds. The normalized spacial score (nSPS) is 11.5. The first-order chi connectivity index (χ1) is 9.95. The molecule has 0 unspecified atom stereocenters. The second-order valence-corrected chi connectivity index (χ2v) is 5.43. The van der Waals surface area contributed by atoms with Gasteiger partial charge in [0.15, 0.2) is 11.7 Å². The van der Waals surface area contributed by atoms with E-state index in [-0.39, 0.29) is 10.3 Å². The number of oxime groups is 1. The van der Waals surface area contributed by atoms with Crippen LogP contribution in [0.5, 0.6) is 0 Å². The average molecular weight is 352 g/mol. The molecule has 0 aromatic heterocycles. The van der Waals surface area contributed by atoms with Crippen molar-refractivity contribution in [3.05, 3.63) is 57.8 Å². The zero-order valence-corrected chi connectivity index (χ0v) is 13.2. The zero-order valence-electron chi connectivity index (χ0n) is 11.6. The molecule has 0 atom stereocenters. The van der Waals surface area contributed by atoms with E-state index in [0.29, 0.717) is 11.3 Å². The van der Waals surface area contributed by atoms with E-state index in [2.05, 4.69) is 21.1 Å². The van der Waals surface area contributed by atoms with E-state index in [9.17, 15) is 4.39 Å². The fourth-order valence-electron chi connectivity index (χ4n) is 1.96. The number of nitrogens with zero attached hydrogens (tertiary/aromatic N) is 2. The molecule has 4 nitrogen and oxygen atoms in total. The Morgan fingerprint density at radius 1 is 1.24 bits per heavy atom. The number of hydrogen-bond donors (Lipinski definition) is 2. The predicted molar refractivity (Wildman–Crippen MR) is 85.9 cm³/mol. The summed E-state index contributed by atoms with van der Waals surface area (Å²) in [5, 5.41) is 11.6. The molecule has 0 aliphatic carbocycles. The van der Waals surface area contributed by atoms with Crippen LogP contribution in [0.1, 0.15) is 11.1 Å². The smallest absolute Gasteiger partial charge is 0.171 e. The molecule has 2 aromatic carbocycles. The number of anilines is 2. The molecule has 6 heteroatoms. The Balaban J connectivity index is 2.45. The lowest BCUT2D eigenvalue weighted by Gasteiger charge is -2.21. The summed E-state index contributed by atoms with van der Waals surface area (Å²) in [5.74, 6) is -0.618. The van der Waals surface area contributed by atoms with E-state index in [1.165, 1.54) is 0 Å². The van der Waals surface area contributed by atoms with Gasteiger partial charge in [0.1, 0.15) is 0 Å². The summed E-state index contributed by atoms with van der Waals surface area (Å²) < 4.78 is 14.7. The Hall–Kier alpha value is -2.08. The molecular weight excluding hydrogens is 337 g/mol. The molecule has 3 N–H and O–H groups in total. The monoisotopic (exact) mass is 351 g/mol. The topological polar surface area (TPSA) is 61.8 Å². The minimum absolute atomic E-state index is 0.148. The summed E-state index contributed by atoms with van der Waals surface area (Å²) in [5.41, 5.74) is 8.20. The number of amidine groups is 1. The molecular formula is C15H15BrFN3O. The number of halogens is 2. The highest BCUT2D eigenvalue weighted by molar-refractivity contribution is 9.10. The third-order valence-corrected chi connectivity index (χ3v) is 4.00. The van der Waals surface area contributed by atoms with Gasteiger partial charge in [-0.05, 0) is 47.1 Å². The molecule has 0 aliphatic heterocycles. The van der Waals surface area contributed by atoms with E-state index in [4.69, 9.17) is 10.9 Å². The quantitative estimate of drug-likeness (QED) is 0.383. The summed E-state index contributed by atoms with van der Waals surface area (Å²) in [6, 6.07) is 10.9. The average Bonchev–Trinajstić information content (AvgIpc) is 2.49. The molecule has 0 saturated carbocycles. The molecule has 0 bridgehead atoms. The molecule has 0 radical (unpaired) electrons. The maximum absolute atomic E-state index is 14.5. The van der Waals surface area contributed by atoms with Gasteiger partial charge in [-0.15, -0.1) is 0 Å². The third-order valence-electron chi connectivity index (χ3n) is 3.23. The molecule has 0 spiro atoms. The Morgan fingerprint density at radius 3 is 2.43 bits per heavy atom. The van der Waals surface area contributed by atoms with Crippen molar-refractivity contribution in [1.82, 2.24) is 0 Å². The lowest BCUT2D eigenvalue weighted by atomic mass is 10.1. The predicted octanol–water partition coefficient (Wildman–Crippen LogP) is 3.76. The van der Waals surface area contributed by atoms with Gasteiger partial charge in [0.2, 0.25) is 0 Å². The van der Waals surface area contributed by atoms with Gasteiger partial charge in [-0.1, -0.05) is 22.9 Å². The van der Waals surface area contributed by atoms with Crippen LogP contribution in [-0.4, -0.2) is 18.1 Å². The lowest BCUT2D eigenvalue weighted by Crippen LogP contribution is -2.17. The van der Waals surface area contributed by atoms with Gasteiger partial charge >= 0.3 is 0 Å². The van der Waals surface area contributed by atoms with E-state index >= 15 is 0 Å². The summed E-state index contributed by atoms with van der Waals surface area (Å²) in [4.78, 5) is 1.73. The maximum atomic E-state index is 14.5. The van der Waals surface area contributed by atoms with Crippen molar-refractivity contribution in [2.75, 3.05) is 11.9 Å². The summed E-state index contributed by atoms with van der Waals surface area (Å²) >= 11 is 3.15. The summed E-state index contributed by atoms with van der Waals surface area (Å²) in [6.45, 7) is 1.99. The van der Waals surface area contributed by atoms with Crippen LogP contribution in [0.25, 0.3) is 0 Å². The summed E-state index contributed by atoms with van der Waals surface area (Å²) in [6.07, 6.45) is 0. The fourth-order valence-corrected chi connectivity index (χ4v) is 2.50. The van der Waals surface area contributed by atoms with Crippen LogP contribution in [0, 0.1) is 12.7 Å².